The Bertz CT molecular complexity index is 991. The minimum absolute atomic E-state index is 0.198. The first-order valence-corrected chi connectivity index (χ1v) is 11.7. The lowest BCUT2D eigenvalue weighted by Crippen LogP contribution is -2.38. The van der Waals surface area contributed by atoms with Gasteiger partial charge in [-0.15, -0.1) is 0 Å². The number of benzene rings is 2. The van der Waals surface area contributed by atoms with Gasteiger partial charge in [-0.1, -0.05) is 24.3 Å². The second-order valence-corrected chi connectivity index (χ2v) is 9.05. The Morgan fingerprint density at radius 2 is 1.59 bits per heavy atom. The minimum atomic E-state index is -3.71. The van der Waals surface area contributed by atoms with E-state index in [0.29, 0.717) is 34.5 Å². The highest BCUT2D eigenvalue weighted by Crippen LogP contribution is 2.27. The molecule has 0 bridgehead atoms. The number of carbonyl (C=O) groups is 2. The standard InChI is InChI=1S/C20H24BrN3O4S/c1-4-23(5-2)20(26)15-10-6-8-12-17(15)22-19(25)14-24(29(3,27)28)18-13-9-7-11-16(18)21/h6-13H,4-5,14H2,1-3H3,(H,22,25). The maximum atomic E-state index is 12.7. The van der Waals surface area contributed by atoms with Crippen molar-refractivity contribution in [3.8, 4) is 0 Å². The van der Waals surface area contributed by atoms with Crippen LogP contribution >= 0.6 is 15.9 Å². The number of anilines is 2. The van der Waals surface area contributed by atoms with E-state index in [1.807, 2.05) is 13.8 Å². The SMILES string of the molecule is CCN(CC)C(=O)c1ccccc1NC(=O)CN(c1ccccc1Br)S(C)(=O)=O. The number of nitrogens with zero attached hydrogens (tertiary/aromatic N) is 2. The van der Waals surface area contributed by atoms with E-state index in [4.69, 9.17) is 0 Å². The monoisotopic (exact) mass is 481 g/mol. The third kappa shape index (κ3) is 5.80. The zero-order chi connectivity index (χ0) is 21.6. The summed E-state index contributed by atoms with van der Waals surface area (Å²) in [6.07, 6.45) is 1.04. The summed E-state index contributed by atoms with van der Waals surface area (Å²) in [5, 5.41) is 2.68. The largest absolute Gasteiger partial charge is 0.339 e. The fraction of sp³-hybridized carbons (Fsp3) is 0.300. The van der Waals surface area contributed by atoms with Crippen molar-refractivity contribution in [1.82, 2.24) is 4.90 Å². The molecule has 0 fully saturated rings. The van der Waals surface area contributed by atoms with Crippen LogP contribution in [0.4, 0.5) is 11.4 Å². The third-order valence-electron chi connectivity index (χ3n) is 4.29. The van der Waals surface area contributed by atoms with Gasteiger partial charge in [-0.2, -0.15) is 0 Å². The molecule has 9 heteroatoms. The van der Waals surface area contributed by atoms with Crippen molar-refractivity contribution >= 4 is 49.1 Å². The molecule has 0 aliphatic carbocycles. The highest BCUT2D eigenvalue weighted by atomic mass is 79.9. The van der Waals surface area contributed by atoms with Crippen LogP contribution in [0.25, 0.3) is 0 Å². The Morgan fingerprint density at radius 1 is 1.00 bits per heavy atom. The van der Waals surface area contributed by atoms with E-state index in [-0.39, 0.29) is 5.91 Å². The van der Waals surface area contributed by atoms with Gasteiger partial charge < -0.3 is 10.2 Å². The number of halogens is 1. The van der Waals surface area contributed by atoms with Crippen molar-refractivity contribution in [3.63, 3.8) is 0 Å². The smallest absolute Gasteiger partial charge is 0.255 e. The van der Waals surface area contributed by atoms with Crippen molar-refractivity contribution in [1.29, 1.82) is 0 Å². The average Bonchev–Trinajstić information content (AvgIpc) is 2.67. The second kappa shape index (κ2) is 9.89. The van der Waals surface area contributed by atoms with Crippen LogP contribution in [0.2, 0.25) is 0 Å². The molecule has 0 radical (unpaired) electrons. The molecule has 29 heavy (non-hydrogen) atoms. The number of para-hydroxylation sites is 2. The summed E-state index contributed by atoms with van der Waals surface area (Å²) in [5.41, 5.74) is 1.06. The van der Waals surface area contributed by atoms with Crippen LogP contribution in [-0.2, 0) is 14.8 Å². The Morgan fingerprint density at radius 3 is 2.17 bits per heavy atom. The quantitative estimate of drug-likeness (QED) is 0.626. The van der Waals surface area contributed by atoms with Gasteiger partial charge in [-0.3, -0.25) is 13.9 Å². The van der Waals surface area contributed by atoms with E-state index in [1.165, 1.54) is 0 Å². The van der Waals surface area contributed by atoms with Gasteiger partial charge in [0.15, 0.2) is 0 Å². The summed E-state index contributed by atoms with van der Waals surface area (Å²) >= 11 is 3.32. The predicted molar refractivity (Wildman–Crippen MR) is 119 cm³/mol. The number of nitrogens with one attached hydrogen (secondary N) is 1. The molecule has 0 atom stereocenters. The molecule has 0 aliphatic rings. The number of carbonyl (C=O) groups excluding carboxylic acids is 2. The van der Waals surface area contributed by atoms with Crippen LogP contribution in [-0.4, -0.2) is 51.0 Å². The van der Waals surface area contributed by atoms with Crippen molar-refractivity contribution in [2.75, 3.05) is 35.5 Å². The molecule has 2 aromatic rings. The number of hydrogen-bond acceptors (Lipinski definition) is 4. The lowest BCUT2D eigenvalue weighted by atomic mass is 10.1. The summed E-state index contributed by atoms with van der Waals surface area (Å²) in [7, 11) is -3.71. The summed E-state index contributed by atoms with van der Waals surface area (Å²) < 4.78 is 26.1. The van der Waals surface area contributed by atoms with Crippen LogP contribution in [0, 0.1) is 0 Å². The summed E-state index contributed by atoms with van der Waals surface area (Å²) in [4.78, 5) is 27.0. The van der Waals surface area contributed by atoms with Crippen molar-refractivity contribution in [3.05, 3.63) is 58.6 Å². The van der Waals surface area contributed by atoms with Crippen molar-refractivity contribution in [2.45, 2.75) is 13.8 Å². The fourth-order valence-electron chi connectivity index (χ4n) is 2.82. The highest BCUT2D eigenvalue weighted by molar-refractivity contribution is 9.10. The molecule has 0 saturated heterocycles. The zero-order valence-electron chi connectivity index (χ0n) is 16.6. The molecule has 156 valence electrons. The van der Waals surface area contributed by atoms with E-state index in [2.05, 4.69) is 21.2 Å². The minimum Gasteiger partial charge on any atom is -0.339 e. The van der Waals surface area contributed by atoms with Gasteiger partial charge >= 0.3 is 0 Å². The van der Waals surface area contributed by atoms with Crippen LogP contribution < -0.4 is 9.62 Å². The van der Waals surface area contributed by atoms with Crippen LogP contribution in [0.15, 0.2) is 53.0 Å². The first-order valence-electron chi connectivity index (χ1n) is 9.09. The number of hydrogen-bond donors (Lipinski definition) is 1. The average molecular weight is 482 g/mol. The highest BCUT2D eigenvalue weighted by Gasteiger charge is 2.24. The van der Waals surface area contributed by atoms with Crippen LogP contribution in [0.5, 0.6) is 0 Å². The topological polar surface area (TPSA) is 86.8 Å². The van der Waals surface area contributed by atoms with Gasteiger partial charge in [-0.25, -0.2) is 8.42 Å². The maximum absolute atomic E-state index is 12.7. The molecular weight excluding hydrogens is 458 g/mol. The molecule has 0 unspecified atom stereocenters. The molecule has 7 nitrogen and oxygen atoms in total. The van der Waals surface area contributed by atoms with Gasteiger partial charge in [0.1, 0.15) is 6.54 Å². The molecular formula is C20H24BrN3O4S. The Balaban J connectivity index is 2.28. The maximum Gasteiger partial charge on any atom is 0.255 e. The molecule has 0 aliphatic heterocycles. The number of rotatable bonds is 8. The molecule has 2 aromatic carbocycles. The van der Waals surface area contributed by atoms with Gasteiger partial charge in [0.25, 0.3) is 5.91 Å². The van der Waals surface area contributed by atoms with Crippen molar-refractivity contribution < 1.29 is 18.0 Å². The van der Waals surface area contributed by atoms with Gasteiger partial charge in [-0.05, 0) is 54.0 Å². The Hall–Kier alpha value is -2.39. The van der Waals surface area contributed by atoms with Gasteiger partial charge in [0.05, 0.1) is 23.2 Å². The molecule has 0 spiro atoms. The van der Waals surface area contributed by atoms with E-state index in [9.17, 15) is 18.0 Å². The number of sulfonamides is 1. The van der Waals surface area contributed by atoms with E-state index in [0.717, 1.165) is 10.6 Å². The van der Waals surface area contributed by atoms with Gasteiger partial charge in [0.2, 0.25) is 15.9 Å². The van der Waals surface area contributed by atoms with Crippen LogP contribution in [0.1, 0.15) is 24.2 Å². The molecule has 0 saturated carbocycles. The molecule has 0 aromatic heterocycles. The fourth-order valence-corrected chi connectivity index (χ4v) is 4.30. The third-order valence-corrected chi connectivity index (χ3v) is 6.09. The molecule has 2 rings (SSSR count). The summed E-state index contributed by atoms with van der Waals surface area (Å²) in [5.74, 6) is -0.748. The lowest BCUT2D eigenvalue weighted by molar-refractivity contribution is -0.114. The Kier molecular flexibility index (Phi) is 7.80. The number of amides is 2. The first kappa shape index (κ1) is 22.9. The first-order chi connectivity index (χ1) is 13.7. The van der Waals surface area contributed by atoms with Crippen LogP contribution in [0.3, 0.4) is 0 Å². The zero-order valence-corrected chi connectivity index (χ0v) is 19.0. The van der Waals surface area contributed by atoms with E-state index < -0.39 is 22.5 Å². The van der Waals surface area contributed by atoms with Gasteiger partial charge in [0, 0.05) is 17.6 Å². The molecule has 1 N–H and O–H groups in total. The van der Waals surface area contributed by atoms with E-state index in [1.54, 1.807) is 53.4 Å². The summed E-state index contributed by atoms with van der Waals surface area (Å²) in [6, 6.07) is 13.4. The van der Waals surface area contributed by atoms with E-state index >= 15 is 0 Å². The summed E-state index contributed by atoms with van der Waals surface area (Å²) in [6.45, 7) is 4.42. The second-order valence-electron chi connectivity index (χ2n) is 6.29. The Labute approximate surface area is 179 Å². The van der Waals surface area contributed by atoms with Crippen molar-refractivity contribution in [2.24, 2.45) is 0 Å². The predicted octanol–water partition coefficient (Wildman–Crippen LogP) is 3.34. The lowest BCUT2D eigenvalue weighted by Gasteiger charge is -2.24. The molecule has 0 heterocycles. The molecule has 2 amide bonds. The normalized spacial score (nSPS) is 11.0.